The SMILES string of the molecule is FC(F)(F)c1ccc(Br)c(CC2CO2)c1. The largest absolute Gasteiger partial charge is 0.416 e. The highest BCUT2D eigenvalue weighted by molar-refractivity contribution is 9.10. The van der Waals surface area contributed by atoms with Crippen molar-refractivity contribution in [2.75, 3.05) is 6.61 Å². The fourth-order valence-corrected chi connectivity index (χ4v) is 1.75. The van der Waals surface area contributed by atoms with Gasteiger partial charge in [-0.2, -0.15) is 13.2 Å². The Morgan fingerprint density at radius 3 is 2.60 bits per heavy atom. The summed E-state index contributed by atoms with van der Waals surface area (Å²) in [5.74, 6) is 0. The van der Waals surface area contributed by atoms with Crippen LogP contribution >= 0.6 is 15.9 Å². The smallest absolute Gasteiger partial charge is 0.373 e. The van der Waals surface area contributed by atoms with Gasteiger partial charge in [-0.25, -0.2) is 0 Å². The van der Waals surface area contributed by atoms with Gasteiger partial charge in [-0.3, -0.25) is 0 Å². The minimum absolute atomic E-state index is 0.0878. The summed E-state index contributed by atoms with van der Waals surface area (Å²) in [6.45, 7) is 0.642. The van der Waals surface area contributed by atoms with E-state index in [1.165, 1.54) is 12.1 Å². The molecule has 5 heteroatoms. The van der Waals surface area contributed by atoms with Gasteiger partial charge in [0.05, 0.1) is 18.3 Å². The maximum absolute atomic E-state index is 12.4. The highest BCUT2D eigenvalue weighted by Crippen LogP contribution is 2.33. The second kappa shape index (κ2) is 3.79. The summed E-state index contributed by atoms with van der Waals surface area (Å²) in [6, 6.07) is 3.67. The second-order valence-electron chi connectivity index (χ2n) is 3.46. The number of hydrogen-bond acceptors (Lipinski definition) is 1. The molecule has 1 nitrogen and oxygen atoms in total. The predicted octanol–water partition coefficient (Wildman–Crippen LogP) is 3.41. The average Bonchev–Trinajstić information content (AvgIpc) is 2.90. The molecule has 15 heavy (non-hydrogen) atoms. The molecule has 82 valence electrons. The van der Waals surface area contributed by atoms with Crippen molar-refractivity contribution in [3.05, 3.63) is 33.8 Å². The van der Waals surface area contributed by atoms with Crippen molar-refractivity contribution >= 4 is 15.9 Å². The van der Waals surface area contributed by atoms with Crippen molar-refractivity contribution in [1.29, 1.82) is 0 Å². The standard InChI is InChI=1S/C10H8BrF3O/c11-9-2-1-7(10(12,13)14)3-6(9)4-8-5-15-8/h1-3,8H,4-5H2. The fourth-order valence-electron chi connectivity index (χ4n) is 1.34. The van der Waals surface area contributed by atoms with Crippen LogP contribution in [0.15, 0.2) is 22.7 Å². The lowest BCUT2D eigenvalue weighted by Crippen LogP contribution is -2.06. The Morgan fingerprint density at radius 1 is 1.40 bits per heavy atom. The highest BCUT2D eigenvalue weighted by Gasteiger charge is 2.32. The van der Waals surface area contributed by atoms with Crippen LogP contribution in [0, 0.1) is 0 Å². The summed E-state index contributed by atoms with van der Waals surface area (Å²) in [5.41, 5.74) is 0.0358. The van der Waals surface area contributed by atoms with Crippen molar-refractivity contribution in [2.45, 2.75) is 18.7 Å². The van der Waals surface area contributed by atoms with E-state index in [-0.39, 0.29) is 6.10 Å². The van der Waals surface area contributed by atoms with Crippen molar-refractivity contribution in [1.82, 2.24) is 0 Å². The molecule has 0 saturated carbocycles. The van der Waals surface area contributed by atoms with Gasteiger partial charge < -0.3 is 4.74 Å². The minimum Gasteiger partial charge on any atom is -0.373 e. The van der Waals surface area contributed by atoms with E-state index in [0.717, 1.165) is 6.07 Å². The summed E-state index contributed by atoms with van der Waals surface area (Å²) in [5, 5.41) is 0. The number of epoxide rings is 1. The maximum atomic E-state index is 12.4. The third-order valence-electron chi connectivity index (χ3n) is 2.22. The molecule has 0 aromatic heterocycles. The molecule has 0 spiro atoms. The second-order valence-corrected chi connectivity index (χ2v) is 4.32. The Kier molecular flexibility index (Phi) is 2.77. The van der Waals surface area contributed by atoms with Crippen LogP contribution in [-0.2, 0) is 17.3 Å². The lowest BCUT2D eigenvalue weighted by atomic mass is 10.1. The molecule has 1 unspecified atom stereocenters. The summed E-state index contributed by atoms with van der Waals surface area (Å²) in [4.78, 5) is 0. The molecule has 0 bridgehead atoms. The van der Waals surface area contributed by atoms with E-state index in [1.54, 1.807) is 0 Å². The van der Waals surface area contributed by atoms with Crippen LogP contribution in [0.1, 0.15) is 11.1 Å². The molecule has 1 aromatic carbocycles. The molecule has 1 heterocycles. The first-order valence-electron chi connectivity index (χ1n) is 4.44. The molecule has 0 aliphatic carbocycles. The lowest BCUT2D eigenvalue weighted by Gasteiger charge is -2.09. The van der Waals surface area contributed by atoms with Crippen LogP contribution in [0.4, 0.5) is 13.2 Å². The van der Waals surface area contributed by atoms with Crippen LogP contribution in [-0.4, -0.2) is 12.7 Å². The van der Waals surface area contributed by atoms with Gasteiger partial charge in [0.15, 0.2) is 0 Å². The summed E-state index contributed by atoms with van der Waals surface area (Å²) in [6.07, 6.45) is -3.66. The van der Waals surface area contributed by atoms with Gasteiger partial charge in [-0.05, 0) is 23.8 Å². The molecule has 2 rings (SSSR count). The number of alkyl halides is 3. The molecule has 1 fully saturated rings. The molecule has 1 aliphatic rings. The van der Waals surface area contributed by atoms with E-state index in [9.17, 15) is 13.2 Å². The van der Waals surface area contributed by atoms with E-state index in [1.807, 2.05) is 0 Å². The molecule has 0 N–H and O–H groups in total. The molecular formula is C10H8BrF3O. The van der Waals surface area contributed by atoms with E-state index in [4.69, 9.17) is 4.74 Å². The number of benzene rings is 1. The normalized spacial score (nSPS) is 20.4. The van der Waals surface area contributed by atoms with E-state index < -0.39 is 11.7 Å². The molecule has 0 amide bonds. The minimum atomic E-state index is -4.28. The molecular weight excluding hydrogens is 273 g/mol. The maximum Gasteiger partial charge on any atom is 0.416 e. The fraction of sp³-hybridized carbons (Fsp3) is 0.400. The first-order valence-corrected chi connectivity index (χ1v) is 5.23. The number of ether oxygens (including phenoxy) is 1. The number of hydrogen-bond donors (Lipinski definition) is 0. The Labute approximate surface area is 93.4 Å². The van der Waals surface area contributed by atoms with Gasteiger partial charge in [0.25, 0.3) is 0 Å². The predicted molar refractivity (Wildman–Crippen MR) is 52.6 cm³/mol. The molecule has 1 aromatic rings. The number of halogens is 4. The quantitative estimate of drug-likeness (QED) is 0.757. The lowest BCUT2D eigenvalue weighted by molar-refractivity contribution is -0.137. The first kappa shape index (κ1) is 11.0. The van der Waals surface area contributed by atoms with Gasteiger partial charge in [0.1, 0.15) is 0 Å². The van der Waals surface area contributed by atoms with Gasteiger partial charge in [0, 0.05) is 10.9 Å². The van der Waals surface area contributed by atoms with Crippen molar-refractivity contribution in [2.24, 2.45) is 0 Å². The van der Waals surface area contributed by atoms with Gasteiger partial charge in [-0.15, -0.1) is 0 Å². The molecule has 1 saturated heterocycles. The Hall–Kier alpha value is -0.550. The zero-order chi connectivity index (χ0) is 11.1. The number of rotatable bonds is 2. The summed E-state index contributed by atoms with van der Waals surface area (Å²) >= 11 is 3.23. The molecule has 1 aliphatic heterocycles. The summed E-state index contributed by atoms with van der Waals surface area (Å²) in [7, 11) is 0. The van der Waals surface area contributed by atoms with E-state index in [2.05, 4.69) is 15.9 Å². The Balaban J connectivity index is 2.27. The van der Waals surface area contributed by atoms with Crippen LogP contribution in [0.2, 0.25) is 0 Å². The van der Waals surface area contributed by atoms with E-state index in [0.29, 0.717) is 23.1 Å². The third-order valence-corrected chi connectivity index (χ3v) is 3.00. The van der Waals surface area contributed by atoms with Crippen molar-refractivity contribution in [3.8, 4) is 0 Å². The zero-order valence-corrected chi connectivity index (χ0v) is 9.23. The van der Waals surface area contributed by atoms with Gasteiger partial charge in [0.2, 0.25) is 0 Å². The topological polar surface area (TPSA) is 12.5 Å². The average molecular weight is 281 g/mol. The monoisotopic (exact) mass is 280 g/mol. The van der Waals surface area contributed by atoms with E-state index >= 15 is 0 Å². The van der Waals surface area contributed by atoms with Crippen molar-refractivity contribution < 1.29 is 17.9 Å². The van der Waals surface area contributed by atoms with Crippen molar-refractivity contribution in [3.63, 3.8) is 0 Å². The molecule has 1 atom stereocenters. The van der Waals surface area contributed by atoms with Crippen LogP contribution < -0.4 is 0 Å². The van der Waals surface area contributed by atoms with Gasteiger partial charge >= 0.3 is 6.18 Å². The van der Waals surface area contributed by atoms with Gasteiger partial charge in [-0.1, -0.05) is 15.9 Å². The molecule has 0 radical (unpaired) electrons. The highest BCUT2D eigenvalue weighted by atomic mass is 79.9. The Bertz CT molecular complexity index is 371. The third kappa shape index (κ3) is 2.72. The first-order chi connectivity index (χ1) is 6.97. The van der Waals surface area contributed by atoms with Crippen LogP contribution in [0.25, 0.3) is 0 Å². The van der Waals surface area contributed by atoms with Crippen LogP contribution in [0.5, 0.6) is 0 Å². The Morgan fingerprint density at radius 2 is 2.07 bits per heavy atom. The zero-order valence-electron chi connectivity index (χ0n) is 7.64. The summed E-state index contributed by atoms with van der Waals surface area (Å²) < 4.78 is 42.9. The van der Waals surface area contributed by atoms with Crippen LogP contribution in [0.3, 0.4) is 0 Å².